The second-order valence-corrected chi connectivity index (χ2v) is 4.46. The first-order valence-corrected chi connectivity index (χ1v) is 6.58. The monoisotopic (exact) mass is 287 g/mol. The lowest BCUT2D eigenvalue weighted by atomic mass is 10.1. The van der Waals surface area contributed by atoms with Gasteiger partial charge in [-0.1, -0.05) is 6.08 Å². The van der Waals surface area contributed by atoms with E-state index in [-0.39, 0.29) is 11.8 Å². The zero-order valence-electron chi connectivity index (χ0n) is 12.0. The Balaban J connectivity index is 2.15. The molecule has 2 amide bonds. The summed E-state index contributed by atoms with van der Waals surface area (Å²) in [5, 5.41) is 0. The summed E-state index contributed by atoms with van der Waals surface area (Å²) in [7, 11) is 3.12. The normalized spacial score (nSPS) is 14.6. The number of ether oxygens (including phenoxy) is 2. The molecule has 0 bridgehead atoms. The number of benzene rings is 1. The Bertz CT molecular complexity index is 604. The summed E-state index contributed by atoms with van der Waals surface area (Å²) in [6.07, 6.45) is 6.89. The molecule has 110 valence electrons. The van der Waals surface area contributed by atoms with Gasteiger partial charge in [-0.05, 0) is 30.7 Å². The van der Waals surface area contributed by atoms with Gasteiger partial charge < -0.3 is 9.47 Å². The van der Waals surface area contributed by atoms with Crippen LogP contribution in [0.25, 0.3) is 6.08 Å². The molecule has 0 saturated carbocycles. The topological polar surface area (TPSA) is 55.8 Å². The minimum atomic E-state index is -0.331. The first kappa shape index (κ1) is 14.8. The van der Waals surface area contributed by atoms with E-state index in [0.29, 0.717) is 24.5 Å². The SMILES string of the molecule is COc1ccc(/C=C/C(=O)N2CCC=CC2=O)c(OC)c1. The molecular weight excluding hydrogens is 270 g/mol. The molecule has 0 atom stereocenters. The van der Waals surface area contributed by atoms with Gasteiger partial charge in [-0.2, -0.15) is 0 Å². The summed E-state index contributed by atoms with van der Waals surface area (Å²) >= 11 is 0. The van der Waals surface area contributed by atoms with Crippen LogP contribution in [0.5, 0.6) is 11.5 Å². The molecule has 0 unspecified atom stereocenters. The highest BCUT2D eigenvalue weighted by atomic mass is 16.5. The lowest BCUT2D eigenvalue weighted by molar-refractivity contribution is -0.139. The van der Waals surface area contributed by atoms with Crippen molar-refractivity contribution in [1.82, 2.24) is 4.90 Å². The molecule has 1 heterocycles. The van der Waals surface area contributed by atoms with Crippen LogP contribution in [0, 0.1) is 0 Å². The van der Waals surface area contributed by atoms with Crippen molar-refractivity contribution in [3.05, 3.63) is 42.0 Å². The highest BCUT2D eigenvalue weighted by Gasteiger charge is 2.18. The Kier molecular flexibility index (Phi) is 4.77. The molecule has 0 fully saturated rings. The maximum absolute atomic E-state index is 12.0. The van der Waals surface area contributed by atoms with Crippen LogP contribution in [0.2, 0.25) is 0 Å². The van der Waals surface area contributed by atoms with Crippen LogP contribution in [0.4, 0.5) is 0 Å². The van der Waals surface area contributed by atoms with Gasteiger partial charge in [0.2, 0.25) is 0 Å². The predicted molar refractivity (Wildman–Crippen MR) is 79.1 cm³/mol. The van der Waals surface area contributed by atoms with Gasteiger partial charge in [0.15, 0.2) is 0 Å². The average molecular weight is 287 g/mol. The molecule has 1 aliphatic rings. The number of nitrogens with zero attached hydrogens (tertiary/aromatic N) is 1. The van der Waals surface area contributed by atoms with Gasteiger partial charge in [0, 0.05) is 24.3 Å². The number of hydrogen-bond acceptors (Lipinski definition) is 4. The fraction of sp³-hybridized carbons (Fsp3) is 0.250. The molecule has 0 aliphatic carbocycles. The summed E-state index contributed by atoms with van der Waals surface area (Å²) in [4.78, 5) is 24.8. The zero-order valence-corrected chi connectivity index (χ0v) is 12.0. The van der Waals surface area contributed by atoms with Crippen LogP contribution < -0.4 is 9.47 Å². The van der Waals surface area contributed by atoms with E-state index < -0.39 is 0 Å². The third-order valence-corrected chi connectivity index (χ3v) is 3.16. The van der Waals surface area contributed by atoms with Crippen LogP contribution in [-0.2, 0) is 9.59 Å². The highest BCUT2D eigenvalue weighted by Crippen LogP contribution is 2.25. The van der Waals surface area contributed by atoms with Crippen molar-refractivity contribution >= 4 is 17.9 Å². The molecule has 0 aromatic heterocycles. The van der Waals surface area contributed by atoms with Crippen molar-refractivity contribution in [2.75, 3.05) is 20.8 Å². The molecule has 0 radical (unpaired) electrons. The van der Waals surface area contributed by atoms with Crippen LogP contribution >= 0.6 is 0 Å². The van der Waals surface area contributed by atoms with Crippen molar-refractivity contribution < 1.29 is 19.1 Å². The Morgan fingerprint density at radius 2 is 2.10 bits per heavy atom. The van der Waals surface area contributed by atoms with Gasteiger partial charge in [0.1, 0.15) is 11.5 Å². The summed E-state index contributed by atoms with van der Waals surface area (Å²) in [5.74, 6) is 0.662. The van der Waals surface area contributed by atoms with Gasteiger partial charge in [0.25, 0.3) is 11.8 Å². The van der Waals surface area contributed by atoms with Crippen molar-refractivity contribution in [3.8, 4) is 11.5 Å². The van der Waals surface area contributed by atoms with Gasteiger partial charge in [-0.15, -0.1) is 0 Å². The van der Waals surface area contributed by atoms with Crippen LogP contribution in [0.15, 0.2) is 36.4 Å². The Hall–Kier alpha value is -2.56. The van der Waals surface area contributed by atoms with Crippen molar-refractivity contribution in [1.29, 1.82) is 0 Å². The van der Waals surface area contributed by atoms with Gasteiger partial charge in [0.05, 0.1) is 14.2 Å². The first-order valence-electron chi connectivity index (χ1n) is 6.58. The molecule has 1 aromatic carbocycles. The minimum absolute atomic E-state index is 0.280. The molecule has 5 nitrogen and oxygen atoms in total. The lowest BCUT2D eigenvalue weighted by Crippen LogP contribution is -2.37. The third kappa shape index (κ3) is 3.51. The van der Waals surface area contributed by atoms with E-state index in [1.54, 1.807) is 44.6 Å². The van der Waals surface area contributed by atoms with E-state index in [2.05, 4.69) is 0 Å². The number of rotatable bonds is 4. The summed E-state index contributed by atoms with van der Waals surface area (Å²) < 4.78 is 10.4. The smallest absolute Gasteiger partial charge is 0.253 e. The maximum Gasteiger partial charge on any atom is 0.253 e. The largest absolute Gasteiger partial charge is 0.497 e. The van der Waals surface area contributed by atoms with Crippen molar-refractivity contribution in [2.24, 2.45) is 0 Å². The average Bonchev–Trinajstić information content (AvgIpc) is 2.52. The van der Waals surface area contributed by atoms with Gasteiger partial charge in [-0.25, -0.2) is 0 Å². The number of methoxy groups -OCH3 is 2. The number of carbonyl (C=O) groups excluding carboxylic acids is 2. The number of hydrogen-bond donors (Lipinski definition) is 0. The fourth-order valence-corrected chi connectivity index (χ4v) is 2.01. The number of amides is 2. The van der Waals surface area contributed by atoms with Crippen LogP contribution in [0.3, 0.4) is 0 Å². The molecule has 1 aliphatic heterocycles. The van der Waals surface area contributed by atoms with E-state index in [9.17, 15) is 9.59 Å². The molecule has 0 spiro atoms. The maximum atomic E-state index is 12.0. The number of imide groups is 1. The minimum Gasteiger partial charge on any atom is -0.497 e. The van der Waals surface area contributed by atoms with Gasteiger partial charge in [-0.3, -0.25) is 14.5 Å². The molecular formula is C16H17NO4. The van der Waals surface area contributed by atoms with E-state index in [0.717, 1.165) is 5.56 Å². The first-order chi connectivity index (χ1) is 10.2. The molecule has 21 heavy (non-hydrogen) atoms. The fourth-order valence-electron chi connectivity index (χ4n) is 2.01. The standard InChI is InChI=1S/C16H17NO4/c1-20-13-8-6-12(14(11-13)21-2)7-9-16(19)17-10-4-3-5-15(17)18/h3,5-9,11H,4,10H2,1-2H3/b9-7+. The highest BCUT2D eigenvalue weighted by molar-refractivity contribution is 6.07. The summed E-state index contributed by atoms with van der Waals surface area (Å²) in [5.41, 5.74) is 0.742. The summed E-state index contributed by atoms with van der Waals surface area (Å²) in [6.45, 7) is 0.415. The number of carbonyl (C=O) groups is 2. The molecule has 1 aromatic rings. The predicted octanol–water partition coefficient (Wildman–Crippen LogP) is 2.03. The second-order valence-electron chi connectivity index (χ2n) is 4.46. The van der Waals surface area contributed by atoms with Crippen LogP contribution in [0.1, 0.15) is 12.0 Å². The molecule has 5 heteroatoms. The van der Waals surface area contributed by atoms with E-state index in [1.807, 2.05) is 0 Å². The molecule has 0 saturated heterocycles. The molecule has 0 N–H and O–H groups in total. The summed E-state index contributed by atoms with van der Waals surface area (Å²) in [6, 6.07) is 5.31. The second kappa shape index (κ2) is 6.74. The van der Waals surface area contributed by atoms with E-state index in [4.69, 9.17) is 9.47 Å². The van der Waals surface area contributed by atoms with Gasteiger partial charge >= 0.3 is 0 Å². The van der Waals surface area contributed by atoms with Crippen LogP contribution in [-0.4, -0.2) is 37.5 Å². The quantitative estimate of drug-likeness (QED) is 0.795. The van der Waals surface area contributed by atoms with E-state index in [1.165, 1.54) is 17.1 Å². The Morgan fingerprint density at radius 1 is 1.29 bits per heavy atom. The third-order valence-electron chi connectivity index (χ3n) is 3.16. The Labute approximate surface area is 123 Å². The molecule has 2 rings (SSSR count). The lowest BCUT2D eigenvalue weighted by Gasteiger charge is -2.19. The van der Waals surface area contributed by atoms with Crippen molar-refractivity contribution in [3.63, 3.8) is 0 Å². The van der Waals surface area contributed by atoms with Crippen molar-refractivity contribution in [2.45, 2.75) is 6.42 Å². The Morgan fingerprint density at radius 3 is 2.76 bits per heavy atom. The van der Waals surface area contributed by atoms with E-state index >= 15 is 0 Å². The zero-order chi connectivity index (χ0) is 15.2.